The fourth-order valence-corrected chi connectivity index (χ4v) is 4.20. The highest BCUT2D eigenvalue weighted by Crippen LogP contribution is 2.20. The van der Waals surface area contributed by atoms with Crippen molar-refractivity contribution in [2.45, 2.75) is 50.6 Å². The van der Waals surface area contributed by atoms with Crippen LogP contribution in [0.2, 0.25) is 0 Å². The Hall–Kier alpha value is -1.60. The summed E-state index contributed by atoms with van der Waals surface area (Å²) in [6.45, 7) is 5.95. The molecule has 1 aromatic carbocycles. The normalized spacial score (nSPS) is 17.1. The number of nitrogens with zero attached hydrogens (tertiary/aromatic N) is 2. The second-order valence-electron chi connectivity index (χ2n) is 6.33. The highest BCUT2D eigenvalue weighted by atomic mass is 32.2. The summed E-state index contributed by atoms with van der Waals surface area (Å²) < 4.78 is 26.8. The summed E-state index contributed by atoms with van der Waals surface area (Å²) in [7, 11) is -1.63. The first-order chi connectivity index (χ1) is 11.4. The van der Waals surface area contributed by atoms with Gasteiger partial charge >= 0.3 is 0 Å². The standard InChI is InChI=1S/C17H28N4O2S/c1-14(2)20-17(18-3)19-13-15-7-9-16(10-8-15)24(22,23)21-11-5-4-6-12-21/h7-10,14H,4-6,11-13H2,1-3H3,(H2,18,19,20). The lowest BCUT2D eigenvalue weighted by atomic mass is 10.2. The minimum absolute atomic E-state index is 0.299. The second kappa shape index (κ2) is 8.48. The van der Waals surface area contributed by atoms with Crippen molar-refractivity contribution in [2.75, 3.05) is 20.1 Å². The van der Waals surface area contributed by atoms with E-state index in [1.165, 1.54) is 0 Å². The molecule has 0 unspecified atom stereocenters. The Balaban J connectivity index is 1.99. The van der Waals surface area contributed by atoms with Crippen LogP contribution in [0.3, 0.4) is 0 Å². The summed E-state index contributed by atoms with van der Waals surface area (Å²) in [4.78, 5) is 4.53. The van der Waals surface area contributed by atoms with Gasteiger partial charge in [-0.25, -0.2) is 8.42 Å². The number of rotatable bonds is 5. The molecule has 0 saturated carbocycles. The lowest BCUT2D eigenvalue weighted by Crippen LogP contribution is -2.40. The Morgan fingerprint density at radius 2 is 1.79 bits per heavy atom. The molecule has 7 heteroatoms. The molecular weight excluding hydrogens is 324 g/mol. The Kier molecular flexibility index (Phi) is 6.62. The molecule has 0 bridgehead atoms. The van der Waals surface area contributed by atoms with Crippen LogP contribution in [0.25, 0.3) is 0 Å². The molecule has 6 nitrogen and oxygen atoms in total. The fraction of sp³-hybridized carbons (Fsp3) is 0.588. The van der Waals surface area contributed by atoms with Crippen molar-refractivity contribution in [1.82, 2.24) is 14.9 Å². The van der Waals surface area contributed by atoms with Crippen LogP contribution < -0.4 is 10.6 Å². The van der Waals surface area contributed by atoms with Crippen molar-refractivity contribution in [1.29, 1.82) is 0 Å². The van der Waals surface area contributed by atoms with Gasteiger partial charge in [0.05, 0.1) is 4.90 Å². The predicted octanol–water partition coefficient (Wildman–Crippen LogP) is 1.93. The van der Waals surface area contributed by atoms with Gasteiger partial charge < -0.3 is 10.6 Å². The molecule has 134 valence electrons. The second-order valence-corrected chi connectivity index (χ2v) is 8.27. The molecule has 0 aliphatic carbocycles. The summed E-state index contributed by atoms with van der Waals surface area (Å²) >= 11 is 0. The van der Waals surface area contributed by atoms with E-state index < -0.39 is 10.0 Å². The van der Waals surface area contributed by atoms with E-state index in [-0.39, 0.29) is 0 Å². The third-order valence-electron chi connectivity index (χ3n) is 3.99. The average molecular weight is 353 g/mol. The quantitative estimate of drug-likeness (QED) is 0.627. The van der Waals surface area contributed by atoms with Gasteiger partial charge in [-0.1, -0.05) is 18.6 Å². The molecular formula is C17H28N4O2S. The van der Waals surface area contributed by atoms with Crippen molar-refractivity contribution in [2.24, 2.45) is 4.99 Å². The molecule has 0 amide bonds. The van der Waals surface area contributed by atoms with E-state index in [1.807, 2.05) is 26.0 Å². The molecule has 1 aliphatic rings. The van der Waals surface area contributed by atoms with Gasteiger partial charge in [-0.15, -0.1) is 0 Å². The van der Waals surface area contributed by atoms with Crippen LogP contribution in [-0.2, 0) is 16.6 Å². The molecule has 1 aromatic rings. The summed E-state index contributed by atoms with van der Waals surface area (Å²) in [5.74, 6) is 0.731. The van der Waals surface area contributed by atoms with Crippen molar-refractivity contribution < 1.29 is 8.42 Å². The number of benzene rings is 1. The Morgan fingerprint density at radius 3 is 2.33 bits per heavy atom. The van der Waals surface area contributed by atoms with E-state index >= 15 is 0 Å². The molecule has 0 aromatic heterocycles. The Labute approximate surface area is 145 Å². The number of piperidine rings is 1. The first-order valence-electron chi connectivity index (χ1n) is 8.50. The average Bonchev–Trinajstić information content (AvgIpc) is 2.59. The van der Waals surface area contributed by atoms with E-state index in [2.05, 4.69) is 15.6 Å². The van der Waals surface area contributed by atoms with Gasteiger partial charge in [0, 0.05) is 32.7 Å². The topological polar surface area (TPSA) is 73.8 Å². The lowest BCUT2D eigenvalue weighted by molar-refractivity contribution is 0.346. The van der Waals surface area contributed by atoms with Gasteiger partial charge in [-0.3, -0.25) is 4.99 Å². The Morgan fingerprint density at radius 1 is 1.17 bits per heavy atom. The predicted molar refractivity (Wildman–Crippen MR) is 97.5 cm³/mol. The highest BCUT2D eigenvalue weighted by molar-refractivity contribution is 7.89. The third kappa shape index (κ3) is 4.95. The summed E-state index contributed by atoms with van der Waals surface area (Å²) in [6.07, 6.45) is 3.01. The number of aliphatic imine (C=N–C) groups is 1. The van der Waals surface area contributed by atoms with Crippen molar-refractivity contribution >= 4 is 16.0 Å². The summed E-state index contributed by atoms with van der Waals surface area (Å²) in [5.41, 5.74) is 1.01. The first kappa shape index (κ1) is 18.7. The van der Waals surface area contributed by atoms with E-state index in [0.717, 1.165) is 30.8 Å². The molecule has 2 rings (SSSR count). The molecule has 0 radical (unpaired) electrons. The van der Waals surface area contributed by atoms with Crippen LogP contribution in [0.1, 0.15) is 38.7 Å². The van der Waals surface area contributed by atoms with E-state index in [9.17, 15) is 8.42 Å². The molecule has 1 saturated heterocycles. The number of hydrogen-bond acceptors (Lipinski definition) is 3. The number of nitrogens with one attached hydrogen (secondary N) is 2. The Bertz CT molecular complexity index is 648. The van der Waals surface area contributed by atoms with Gasteiger partial charge in [-0.05, 0) is 44.4 Å². The van der Waals surface area contributed by atoms with E-state index in [0.29, 0.717) is 30.6 Å². The van der Waals surface area contributed by atoms with Crippen LogP contribution in [-0.4, -0.2) is 44.9 Å². The maximum Gasteiger partial charge on any atom is 0.243 e. The van der Waals surface area contributed by atoms with Gasteiger partial charge in [-0.2, -0.15) is 4.31 Å². The van der Waals surface area contributed by atoms with Gasteiger partial charge in [0.25, 0.3) is 0 Å². The maximum atomic E-state index is 12.6. The van der Waals surface area contributed by atoms with E-state index in [4.69, 9.17) is 0 Å². The maximum absolute atomic E-state index is 12.6. The number of sulfonamides is 1. The van der Waals surface area contributed by atoms with Crippen molar-refractivity contribution in [3.05, 3.63) is 29.8 Å². The van der Waals surface area contributed by atoms with Gasteiger partial charge in [0.15, 0.2) is 5.96 Å². The molecule has 0 spiro atoms. The lowest BCUT2D eigenvalue weighted by Gasteiger charge is -2.25. The smallest absolute Gasteiger partial charge is 0.243 e. The molecule has 0 atom stereocenters. The third-order valence-corrected chi connectivity index (χ3v) is 5.90. The SMILES string of the molecule is CN=C(NCc1ccc(S(=O)(=O)N2CCCCC2)cc1)NC(C)C. The molecule has 24 heavy (non-hydrogen) atoms. The van der Waals surface area contributed by atoms with Crippen LogP contribution >= 0.6 is 0 Å². The van der Waals surface area contributed by atoms with Crippen LogP contribution in [0.15, 0.2) is 34.2 Å². The molecule has 1 fully saturated rings. The van der Waals surface area contributed by atoms with E-state index in [1.54, 1.807) is 23.5 Å². The monoisotopic (exact) mass is 352 g/mol. The zero-order valence-electron chi connectivity index (χ0n) is 14.7. The molecule has 2 N–H and O–H groups in total. The van der Waals surface area contributed by atoms with Crippen LogP contribution in [0, 0.1) is 0 Å². The minimum Gasteiger partial charge on any atom is -0.354 e. The molecule has 1 aliphatic heterocycles. The number of guanidine groups is 1. The first-order valence-corrected chi connectivity index (χ1v) is 9.94. The van der Waals surface area contributed by atoms with Gasteiger partial charge in [0.1, 0.15) is 0 Å². The highest BCUT2D eigenvalue weighted by Gasteiger charge is 2.25. The van der Waals surface area contributed by atoms with Crippen LogP contribution in [0.4, 0.5) is 0 Å². The van der Waals surface area contributed by atoms with Gasteiger partial charge in [0.2, 0.25) is 10.0 Å². The zero-order valence-corrected chi connectivity index (χ0v) is 15.6. The fourth-order valence-electron chi connectivity index (χ4n) is 2.69. The molecule has 1 heterocycles. The zero-order chi connectivity index (χ0) is 17.6. The van der Waals surface area contributed by atoms with Crippen LogP contribution in [0.5, 0.6) is 0 Å². The van der Waals surface area contributed by atoms with Crippen molar-refractivity contribution in [3.63, 3.8) is 0 Å². The summed E-state index contributed by atoms with van der Waals surface area (Å²) in [5, 5.41) is 6.43. The van der Waals surface area contributed by atoms with Crippen molar-refractivity contribution in [3.8, 4) is 0 Å². The summed E-state index contributed by atoms with van der Waals surface area (Å²) in [6, 6.07) is 7.39. The largest absolute Gasteiger partial charge is 0.354 e. The number of hydrogen-bond donors (Lipinski definition) is 2. The minimum atomic E-state index is -3.35.